The maximum absolute atomic E-state index is 12.7. The molecule has 144 valence electrons. The first kappa shape index (κ1) is 19.2. The number of amides is 1. The van der Waals surface area contributed by atoms with E-state index in [1.807, 2.05) is 9.80 Å². The predicted molar refractivity (Wildman–Crippen MR) is 93.3 cm³/mol. The maximum Gasteiger partial charge on any atom is 0.417 e. The van der Waals surface area contributed by atoms with Crippen LogP contribution in [0.25, 0.3) is 0 Å². The first-order valence-corrected chi connectivity index (χ1v) is 9.21. The van der Waals surface area contributed by atoms with Gasteiger partial charge in [0.2, 0.25) is 5.91 Å². The number of anilines is 1. The summed E-state index contributed by atoms with van der Waals surface area (Å²) in [6, 6.07) is 0.908. The molecule has 0 unspecified atom stereocenters. The Morgan fingerprint density at radius 3 is 2.58 bits per heavy atom. The van der Waals surface area contributed by atoms with E-state index in [9.17, 15) is 18.0 Å². The highest BCUT2D eigenvalue weighted by Gasteiger charge is 2.33. The number of hydrogen-bond donors (Lipinski definition) is 1. The number of carbonyl (C=O) groups excluding carboxylic acids is 1. The van der Waals surface area contributed by atoms with Crippen molar-refractivity contribution in [3.63, 3.8) is 0 Å². The van der Waals surface area contributed by atoms with E-state index in [1.54, 1.807) is 0 Å². The van der Waals surface area contributed by atoms with Gasteiger partial charge in [0, 0.05) is 44.8 Å². The number of alkyl halides is 3. The summed E-state index contributed by atoms with van der Waals surface area (Å²) in [6.07, 6.45) is -1.39. The highest BCUT2D eigenvalue weighted by Crippen LogP contribution is 2.34. The fourth-order valence-corrected chi connectivity index (χ4v) is 3.77. The van der Waals surface area contributed by atoms with Crippen LogP contribution in [-0.2, 0) is 11.0 Å². The molecule has 3 heterocycles. The zero-order chi connectivity index (χ0) is 18.7. The van der Waals surface area contributed by atoms with Crippen LogP contribution >= 0.6 is 11.6 Å². The summed E-state index contributed by atoms with van der Waals surface area (Å²) in [7, 11) is 0. The molecule has 5 nitrogen and oxygen atoms in total. The summed E-state index contributed by atoms with van der Waals surface area (Å²) < 4.78 is 38.2. The monoisotopic (exact) mass is 390 g/mol. The van der Waals surface area contributed by atoms with Crippen molar-refractivity contribution in [2.75, 3.05) is 44.2 Å². The smallest absolute Gasteiger partial charge is 0.355 e. The normalized spacial score (nSPS) is 20.2. The molecule has 0 saturated carbocycles. The number of carbonyl (C=O) groups is 1. The van der Waals surface area contributed by atoms with E-state index < -0.39 is 11.7 Å². The Balaban J connectivity index is 1.60. The predicted octanol–water partition coefficient (Wildman–Crippen LogP) is 2.79. The van der Waals surface area contributed by atoms with Gasteiger partial charge in [0.25, 0.3) is 0 Å². The van der Waals surface area contributed by atoms with Crippen LogP contribution in [0.1, 0.15) is 24.8 Å². The zero-order valence-corrected chi connectivity index (χ0v) is 15.1. The number of piperidine rings is 1. The third-order valence-corrected chi connectivity index (χ3v) is 5.22. The lowest BCUT2D eigenvalue weighted by molar-refractivity contribution is -0.138. The second-order valence-corrected chi connectivity index (χ2v) is 7.12. The van der Waals surface area contributed by atoms with E-state index >= 15 is 0 Å². The van der Waals surface area contributed by atoms with Gasteiger partial charge in [0.05, 0.1) is 10.6 Å². The summed E-state index contributed by atoms with van der Waals surface area (Å²) >= 11 is 6.02. The number of aromatic nitrogens is 1. The number of halogens is 4. The molecule has 3 rings (SSSR count). The van der Waals surface area contributed by atoms with Gasteiger partial charge in [-0.2, -0.15) is 13.2 Å². The standard InChI is InChI=1S/C17H22ClF3N4O/c18-14-10-13(17(19,20)21)11-23-15(14)24-7-2-12(3-8-24)16(26)25-6-1-4-22-5-9-25/h10-12,22H,1-9H2. The molecule has 0 atom stereocenters. The first-order valence-electron chi connectivity index (χ1n) is 8.83. The molecule has 26 heavy (non-hydrogen) atoms. The van der Waals surface area contributed by atoms with Gasteiger partial charge in [-0.15, -0.1) is 0 Å². The second kappa shape index (κ2) is 8.00. The molecule has 0 bridgehead atoms. The fraction of sp³-hybridized carbons (Fsp3) is 0.647. The minimum absolute atomic E-state index is 0.0109. The summed E-state index contributed by atoms with van der Waals surface area (Å²) in [5.74, 6) is 0.488. The average molecular weight is 391 g/mol. The third kappa shape index (κ3) is 4.40. The lowest BCUT2D eigenvalue weighted by Gasteiger charge is -2.35. The lowest BCUT2D eigenvalue weighted by atomic mass is 9.95. The van der Waals surface area contributed by atoms with Crippen LogP contribution in [0.3, 0.4) is 0 Å². The van der Waals surface area contributed by atoms with Gasteiger partial charge in [-0.3, -0.25) is 4.79 Å². The van der Waals surface area contributed by atoms with Crippen molar-refractivity contribution in [2.24, 2.45) is 5.92 Å². The van der Waals surface area contributed by atoms with Crippen LogP contribution in [0.2, 0.25) is 5.02 Å². The van der Waals surface area contributed by atoms with Crippen LogP contribution in [-0.4, -0.2) is 55.1 Å². The third-order valence-electron chi connectivity index (χ3n) is 4.94. The van der Waals surface area contributed by atoms with E-state index in [1.165, 1.54) is 0 Å². The van der Waals surface area contributed by atoms with Gasteiger partial charge < -0.3 is 15.1 Å². The fourth-order valence-electron chi connectivity index (χ4n) is 3.48. The van der Waals surface area contributed by atoms with E-state index in [0.29, 0.717) is 31.7 Å². The summed E-state index contributed by atoms with van der Waals surface area (Å²) in [4.78, 5) is 20.4. The SMILES string of the molecule is O=C(C1CCN(c2ncc(C(F)(F)F)cc2Cl)CC1)N1CCCNCC1. The molecule has 1 aromatic rings. The molecule has 2 aliphatic rings. The van der Waals surface area contributed by atoms with Crippen molar-refractivity contribution in [1.29, 1.82) is 0 Å². The summed E-state index contributed by atoms with van der Waals surface area (Å²) in [5, 5.41) is 3.27. The van der Waals surface area contributed by atoms with Gasteiger partial charge in [0.15, 0.2) is 0 Å². The Kier molecular flexibility index (Phi) is 5.92. The summed E-state index contributed by atoms with van der Waals surface area (Å²) in [5.41, 5.74) is -0.855. The van der Waals surface area contributed by atoms with Gasteiger partial charge in [-0.05, 0) is 31.9 Å². The van der Waals surface area contributed by atoms with E-state index in [0.717, 1.165) is 44.9 Å². The Hall–Kier alpha value is -1.54. The van der Waals surface area contributed by atoms with Crippen molar-refractivity contribution in [1.82, 2.24) is 15.2 Å². The van der Waals surface area contributed by atoms with Crippen molar-refractivity contribution in [3.8, 4) is 0 Å². The number of pyridine rings is 1. The van der Waals surface area contributed by atoms with Crippen molar-refractivity contribution >= 4 is 23.3 Å². The molecule has 2 saturated heterocycles. The molecule has 1 aromatic heterocycles. The van der Waals surface area contributed by atoms with Crippen LogP contribution in [0.5, 0.6) is 0 Å². The number of nitrogens with one attached hydrogen (secondary N) is 1. The zero-order valence-electron chi connectivity index (χ0n) is 14.4. The lowest BCUT2D eigenvalue weighted by Crippen LogP contribution is -2.44. The van der Waals surface area contributed by atoms with Gasteiger partial charge in [-0.25, -0.2) is 4.98 Å². The highest BCUT2D eigenvalue weighted by atomic mass is 35.5. The molecule has 0 aromatic carbocycles. The van der Waals surface area contributed by atoms with Crippen molar-refractivity contribution in [2.45, 2.75) is 25.4 Å². The van der Waals surface area contributed by atoms with Crippen LogP contribution < -0.4 is 10.2 Å². The van der Waals surface area contributed by atoms with Crippen LogP contribution in [0.15, 0.2) is 12.3 Å². The quantitative estimate of drug-likeness (QED) is 0.843. The molecule has 2 fully saturated rings. The minimum Gasteiger partial charge on any atom is -0.355 e. The average Bonchev–Trinajstić information content (AvgIpc) is 2.90. The number of nitrogens with zero attached hydrogens (tertiary/aromatic N) is 3. The van der Waals surface area contributed by atoms with Gasteiger partial charge in [0.1, 0.15) is 5.82 Å². The topological polar surface area (TPSA) is 48.5 Å². The van der Waals surface area contributed by atoms with E-state index in [2.05, 4.69) is 10.3 Å². The Bertz CT molecular complexity index is 639. The Labute approximate surface area is 155 Å². The Morgan fingerprint density at radius 1 is 1.19 bits per heavy atom. The van der Waals surface area contributed by atoms with E-state index in [-0.39, 0.29) is 16.8 Å². The molecule has 0 spiro atoms. The van der Waals surface area contributed by atoms with Crippen molar-refractivity contribution in [3.05, 3.63) is 22.8 Å². The molecular formula is C17H22ClF3N4O. The number of rotatable bonds is 2. The van der Waals surface area contributed by atoms with Gasteiger partial charge in [-0.1, -0.05) is 11.6 Å². The van der Waals surface area contributed by atoms with Crippen LogP contribution in [0.4, 0.5) is 19.0 Å². The molecule has 2 aliphatic heterocycles. The van der Waals surface area contributed by atoms with E-state index in [4.69, 9.17) is 11.6 Å². The minimum atomic E-state index is -4.46. The molecule has 0 radical (unpaired) electrons. The largest absolute Gasteiger partial charge is 0.417 e. The molecule has 1 amide bonds. The Morgan fingerprint density at radius 2 is 1.92 bits per heavy atom. The first-order chi connectivity index (χ1) is 12.4. The van der Waals surface area contributed by atoms with Crippen LogP contribution in [0, 0.1) is 5.92 Å². The highest BCUT2D eigenvalue weighted by molar-refractivity contribution is 6.33. The summed E-state index contributed by atoms with van der Waals surface area (Å²) in [6.45, 7) is 4.36. The molecule has 9 heteroatoms. The van der Waals surface area contributed by atoms with Gasteiger partial charge >= 0.3 is 6.18 Å². The number of hydrogen-bond acceptors (Lipinski definition) is 4. The second-order valence-electron chi connectivity index (χ2n) is 6.72. The maximum atomic E-state index is 12.7. The van der Waals surface area contributed by atoms with Crippen molar-refractivity contribution < 1.29 is 18.0 Å². The molecule has 0 aliphatic carbocycles. The molecular weight excluding hydrogens is 369 g/mol. The molecule has 1 N–H and O–H groups in total.